The van der Waals surface area contributed by atoms with Crippen molar-refractivity contribution in [1.29, 1.82) is 0 Å². The molecule has 1 aromatic carbocycles. The van der Waals surface area contributed by atoms with Crippen LogP contribution in [0.1, 0.15) is 90.0 Å². The van der Waals surface area contributed by atoms with Crippen LogP contribution in [0.4, 0.5) is 0 Å². The Kier molecular flexibility index (Phi) is 13.6. The molecular formula is C36H47N3O10. The highest BCUT2D eigenvalue weighted by Gasteiger charge is 2.42. The molecule has 4 rings (SSSR count). The van der Waals surface area contributed by atoms with Gasteiger partial charge in [0.25, 0.3) is 5.91 Å². The van der Waals surface area contributed by atoms with Crippen LogP contribution in [0.2, 0.25) is 0 Å². The number of phenolic OH excluding ortho intramolecular Hbond substituents is 2. The summed E-state index contributed by atoms with van der Waals surface area (Å²) in [5, 5.41) is 35.4. The second-order valence-electron chi connectivity index (χ2n) is 12.6. The molecule has 4 bridgehead atoms. The van der Waals surface area contributed by atoms with Gasteiger partial charge in [0, 0.05) is 48.6 Å². The van der Waals surface area contributed by atoms with E-state index in [1.165, 1.54) is 33.1 Å². The summed E-state index contributed by atoms with van der Waals surface area (Å²) in [6.07, 6.45) is 8.27. The summed E-state index contributed by atoms with van der Waals surface area (Å²) >= 11 is 0. The average molecular weight is 682 g/mol. The lowest BCUT2D eigenvalue weighted by Gasteiger charge is -2.28. The number of benzene rings is 1. The number of fused-ring (bicyclic) bond motifs is 16. The summed E-state index contributed by atoms with van der Waals surface area (Å²) in [7, 11) is 0. The van der Waals surface area contributed by atoms with Crippen molar-refractivity contribution in [3.8, 4) is 11.5 Å². The van der Waals surface area contributed by atoms with Crippen LogP contribution in [0, 0.1) is 24.7 Å². The van der Waals surface area contributed by atoms with Gasteiger partial charge in [-0.05, 0) is 51.5 Å². The summed E-state index contributed by atoms with van der Waals surface area (Å²) in [5.74, 6) is -6.67. The third-order valence-corrected chi connectivity index (χ3v) is 8.97. The van der Waals surface area contributed by atoms with Crippen LogP contribution in [0.5, 0.6) is 11.5 Å². The van der Waals surface area contributed by atoms with E-state index in [4.69, 9.17) is 20.9 Å². The van der Waals surface area contributed by atoms with Crippen LogP contribution in [0.25, 0.3) is 0 Å². The fourth-order valence-electron chi connectivity index (χ4n) is 5.86. The largest absolute Gasteiger partial charge is 0.507 e. The Morgan fingerprint density at radius 2 is 1.65 bits per heavy atom. The summed E-state index contributed by atoms with van der Waals surface area (Å²) in [4.78, 5) is 66.8. The first-order valence-electron chi connectivity index (χ1n) is 16.3. The highest BCUT2D eigenvalue weighted by atomic mass is 16.5. The number of allylic oxidation sites excluding steroid dienone is 5. The lowest BCUT2D eigenvalue weighted by Crippen LogP contribution is -2.40. The number of hydrogen-bond acceptors (Lipinski definition) is 12. The first-order chi connectivity index (χ1) is 23.2. The van der Waals surface area contributed by atoms with Crippen molar-refractivity contribution in [2.24, 2.45) is 29.2 Å². The molecule has 0 fully saturated rings. The monoisotopic (exact) mass is 681 g/mol. The van der Waals surface area contributed by atoms with Crippen LogP contribution in [-0.4, -0.2) is 76.5 Å². The zero-order valence-corrected chi connectivity index (χ0v) is 28.6. The fourth-order valence-corrected chi connectivity index (χ4v) is 5.86. The predicted octanol–water partition coefficient (Wildman–Crippen LogP) is 3.04. The molecule has 0 saturated heterocycles. The first kappa shape index (κ1) is 38.9. The van der Waals surface area contributed by atoms with E-state index in [0.29, 0.717) is 25.7 Å². The smallest absolute Gasteiger partial charge is 0.302 e. The number of Topliss-reactive ketones (excluding diaryl/α,β-unsaturated/α-hetero) is 3. The molecule has 13 nitrogen and oxygen atoms in total. The normalized spacial score (nSPS) is 25.6. The second kappa shape index (κ2) is 17.2. The number of esters is 1. The van der Waals surface area contributed by atoms with Gasteiger partial charge in [0.15, 0.2) is 12.4 Å². The number of carbonyl (C=O) groups is 5. The van der Waals surface area contributed by atoms with Gasteiger partial charge < -0.3 is 41.6 Å². The van der Waals surface area contributed by atoms with Gasteiger partial charge in [-0.3, -0.25) is 24.0 Å². The molecule has 1 amide bonds. The molecule has 4 atom stereocenters. The lowest BCUT2D eigenvalue weighted by atomic mass is 9.77. The van der Waals surface area contributed by atoms with E-state index in [1.54, 1.807) is 19.1 Å². The fraction of sp³-hybridized carbons (Fsp3) is 0.472. The Balaban J connectivity index is 2.15. The Hall–Kier alpha value is -4.59. The summed E-state index contributed by atoms with van der Waals surface area (Å²) in [5.41, 5.74) is 9.47. The summed E-state index contributed by atoms with van der Waals surface area (Å²) < 4.78 is 10.9. The maximum Gasteiger partial charge on any atom is 0.302 e. The highest BCUT2D eigenvalue weighted by Crippen LogP contribution is 2.43. The van der Waals surface area contributed by atoms with Gasteiger partial charge in [-0.15, -0.1) is 0 Å². The number of ketones is 3. The SMILES string of the molecule is CC(=O)O[C@@H]1CC/C=C/OCC(=O)c2c(O)c(C)c(O)c3c2C(=O)C(C(CN)CN)=C(NC(=O)/C(C)=C\C=C\[C@H](C)CC[C@@H](O)[C@H]1C)C3=O. The van der Waals surface area contributed by atoms with Crippen LogP contribution in [0.3, 0.4) is 0 Å². The van der Waals surface area contributed by atoms with Gasteiger partial charge >= 0.3 is 5.97 Å². The van der Waals surface area contributed by atoms with Crippen LogP contribution < -0.4 is 16.8 Å². The van der Waals surface area contributed by atoms with E-state index in [9.17, 15) is 39.3 Å². The standard InChI is InChI=1S/C36H47N3O10/c1-18-9-8-10-19(2)36(47)39-31-27(23(15-37)16-38)34(45)29-28(32(43)21(4)33(44)30(29)35(31)46)25(42)17-48-14-7-6-11-26(49-22(5)40)20(3)24(41)13-12-18/h7-10,14,18,20,23-24,26,41,43-44H,6,11-13,15-17,37-38H2,1-5H3,(H,39,47)/b9-8+,14-7+,19-10-/t18-,20+,24+,26+/m0/s1. The van der Waals surface area contributed by atoms with Crippen molar-refractivity contribution in [2.45, 2.75) is 72.5 Å². The third-order valence-electron chi connectivity index (χ3n) is 8.97. The van der Waals surface area contributed by atoms with Gasteiger partial charge in [0.05, 0.1) is 34.8 Å². The molecule has 0 radical (unpaired) electrons. The van der Waals surface area contributed by atoms with E-state index in [0.717, 1.165) is 0 Å². The van der Waals surface area contributed by atoms with Crippen molar-refractivity contribution in [3.05, 3.63) is 69.7 Å². The van der Waals surface area contributed by atoms with Crippen LogP contribution in [0.15, 0.2) is 47.4 Å². The minimum atomic E-state index is -0.957. The number of aromatic hydroxyl groups is 2. The number of carbonyl (C=O) groups excluding carboxylic acids is 5. The van der Waals surface area contributed by atoms with E-state index in [-0.39, 0.29) is 41.6 Å². The number of nitrogens with one attached hydrogen (secondary N) is 1. The molecule has 1 aromatic rings. The predicted molar refractivity (Wildman–Crippen MR) is 181 cm³/mol. The molecule has 0 unspecified atom stereocenters. The van der Waals surface area contributed by atoms with Crippen molar-refractivity contribution < 1.29 is 48.8 Å². The van der Waals surface area contributed by atoms with Gasteiger partial charge in [-0.25, -0.2) is 0 Å². The van der Waals surface area contributed by atoms with Gasteiger partial charge in [-0.1, -0.05) is 32.1 Å². The van der Waals surface area contributed by atoms with Crippen molar-refractivity contribution in [2.75, 3.05) is 19.7 Å². The molecule has 8 N–H and O–H groups in total. The molecule has 13 heteroatoms. The Morgan fingerprint density at radius 3 is 2.29 bits per heavy atom. The summed E-state index contributed by atoms with van der Waals surface area (Å²) in [6.45, 7) is 6.78. The zero-order valence-electron chi connectivity index (χ0n) is 28.6. The van der Waals surface area contributed by atoms with Crippen LogP contribution in [-0.2, 0) is 19.1 Å². The molecule has 0 spiro atoms. The number of nitrogens with two attached hydrogens (primary N) is 2. The van der Waals surface area contributed by atoms with Gasteiger partial charge in [-0.2, -0.15) is 0 Å². The second-order valence-corrected chi connectivity index (χ2v) is 12.6. The minimum Gasteiger partial charge on any atom is -0.507 e. The molecule has 0 aromatic heterocycles. The quantitative estimate of drug-likeness (QED) is 0.252. The van der Waals surface area contributed by atoms with Crippen molar-refractivity contribution in [1.82, 2.24) is 5.32 Å². The maximum atomic E-state index is 14.2. The third kappa shape index (κ3) is 8.91. The molecule has 3 aliphatic rings. The van der Waals surface area contributed by atoms with Crippen molar-refractivity contribution in [3.63, 3.8) is 0 Å². The molecule has 2 heterocycles. The zero-order chi connectivity index (χ0) is 36.6. The first-order valence-corrected chi connectivity index (χ1v) is 16.3. The molecule has 266 valence electrons. The highest BCUT2D eigenvalue weighted by molar-refractivity contribution is 6.32. The van der Waals surface area contributed by atoms with Crippen molar-refractivity contribution >= 4 is 29.2 Å². The van der Waals surface area contributed by atoms with E-state index in [2.05, 4.69) is 5.32 Å². The van der Waals surface area contributed by atoms with E-state index >= 15 is 0 Å². The molecule has 0 saturated carbocycles. The Bertz CT molecular complexity index is 1600. The molecule has 1 aliphatic carbocycles. The number of ether oxygens (including phenoxy) is 2. The minimum absolute atomic E-state index is 0.00419. The number of phenols is 2. The van der Waals surface area contributed by atoms with Gasteiger partial charge in [0.2, 0.25) is 11.6 Å². The Labute approximate surface area is 285 Å². The topological polar surface area (TPSA) is 229 Å². The number of rotatable bonds is 4. The molecule has 49 heavy (non-hydrogen) atoms. The van der Waals surface area contributed by atoms with Crippen LogP contribution >= 0.6 is 0 Å². The lowest BCUT2D eigenvalue weighted by molar-refractivity contribution is -0.151. The summed E-state index contributed by atoms with van der Waals surface area (Å²) in [6, 6.07) is 0. The number of hydrogen-bond donors (Lipinski definition) is 6. The van der Waals surface area contributed by atoms with E-state index in [1.807, 2.05) is 13.0 Å². The van der Waals surface area contributed by atoms with E-state index < -0.39 is 87.8 Å². The number of aliphatic hydroxyl groups excluding tert-OH is 1. The molecule has 2 aliphatic heterocycles. The number of amides is 1. The Morgan fingerprint density at radius 1 is 1.00 bits per heavy atom. The maximum absolute atomic E-state index is 14.2. The van der Waals surface area contributed by atoms with Gasteiger partial charge in [0.1, 0.15) is 17.6 Å². The molecular weight excluding hydrogens is 634 g/mol. The number of aliphatic hydroxyl groups is 1. The average Bonchev–Trinajstić information content (AvgIpc) is 3.06.